The van der Waals surface area contributed by atoms with E-state index in [0.29, 0.717) is 32.5 Å². The van der Waals surface area contributed by atoms with Gasteiger partial charge < -0.3 is 4.90 Å². The van der Waals surface area contributed by atoms with Gasteiger partial charge in [-0.25, -0.2) is 4.39 Å². The molecule has 5 heteroatoms. The number of aryl methyl sites for hydroxylation is 1. The predicted molar refractivity (Wildman–Crippen MR) is 92.2 cm³/mol. The molecular formula is C19H27FN2O2. The van der Waals surface area contributed by atoms with Crippen LogP contribution in [0.3, 0.4) is 0 Å². The minimum absolute atomic E-state index is 0.126. The van der Waals surface area contributed by atoms with Crippen LogP contribution in [0, 0.1) is 11.2 Å². The minimum Gasteiger partial charge on any atom is -0.340 e. The van der Waals surface area contributed by atoms with E-state index in [-0.39, 0.29) is 22.9 Å². The molecule has 0 aliphatic carbocycles. The van der Waals surface area contributed by atoms with Crippen LogP contribution in [0.2, 0.25) is 0 Å². The predicted octanol–water partition coefficient (Wildman–Crippen LogP) is 2.52. The summed E-state index contributed by atoms with van der Waals surface area (Å²) >= 11 is 0. The van der Waals surface area contributed by atoms with Crippen LogP contribution in [-0.2, 0) is 16.0 Å². The first-order valence-corrected chi connectivity index (χ1v) is 8.53. The minimum atomic E-state index is -0.317. The summed E-state index contributed by atoms with van der Waals surface area (Å²) in [5, 5.41) is 0. The number of carbonyl (C=O) groups excluding carboxylic acids is 2. The number of halogens is 1. The standard InChI is InChI=1S/C19H27FN2O2/c1-19(2,3)17(23)14-21-10-12-22(13-11-21)18(24)9-6-15-4-7-16(20)8-5-15/h4-5,7-8H,6,9-14H2,1-3H3. The molecule has 0 unspecified atom stereocenters. The number of ketones is 1. The number of rotatable bonds is 5. The van der Waals surface area contributed by atoms with Gasteiger partial charge in [0.15, 0.2) is 5.78 Å². The van der Waals surface area contributed by atoms with Crippen LogP contribution < -0.4 is 0 Å². The van der Waals surface area contributed by atoms with Crippen LogP contribution in [0.4, 0.5) is 4.39 Å². The van der Waals surface area contributed by atoms with Crippen molar-refractivity contribution in [2.24, 2.45) is 5.41 Å². The maximum atomic E-state index is 12.9. The molecule has 2 rings (SSSR count). The van der Waals surface area contributed by atoms with E-state index in [9.17, 15) is 14.0 Å². The van der Waals surface area contributed by atoms with Crippen molar-refractivity contribution in [3.63, 3.8) is 0 Å². The van der Waals surface area contributed by atoms with E-state index in [1.807, 2.05) is 25.7 Å². The smallest absolute Gasteiger partial charge is 0.222 e. The Bertz CT molecular complexity index is 570. The number of Topliss-reactive ketones (excluding diaryl/α,β-unsaturated/α-hetero) is 1. The summed E-state index contributed by atoms with van der Waals surface area (Å²) in [7, 11) is 0. The van der Waals surface area contributed by atoms with Crippen molar-refractivity contribution >= 4 is 11.7 Å². The summed E-state index contributed by atoms with van der Waals surface area (Å²) in [4.78, 5) is 28.4. The molecule has 1 aliphatic heterocycles. The zero-order valence-corrected chi connectivity index (χ0v) is 14.8. The van der Waals surface area contributed by atoms with E-state index in [4.69, 9.17) is 0 Å². The molecular weight excluding hydrogens is 307 g/mol. The molecule has 0 saturated carbocycles. The molecule has 0 spiro atoms. The first-order valence-electron chi connectivity index (χ1n) is 8.53. The van der Waals surface area contributed by atoms with Crippen molar-refractivity contribution in [3.8, 4) is 0 Å². The van der Waals surface area contributed by atoms with Gasteiger partial charge in [0, 0.05) is 38.0 Å². The average Bonchev–Trinajstić information content (AvgIpc) is 2.54. The summed E-state index contributed by atoms with van der Waals surface area (Å²) in [6.07, 6.45) is 1.06. The Hall–Kier alpha value is -1.75. The fourth-order valence-electron chi connectivity index (χ4n) is 2.66. The fourth-order valence-corrected chi connectivity index (χ4v) is 2.66. The lowest BCUT2D eigenvalue weighted by Gasteiger charge is -2.35. The number of hydrogen-bond donors (Lipinski definition) is 0. The first-order chi connectivity index (χ1) is 11.3. The monoisotopic (exact) mass is 334 g/mol. The number of benzene rings is 1. The lowest BCUT2D eigenvalue weighted by atomic mass is 9.90. The van der Waals surface area contributed by atoms with Crippen LogP contribution in [0.25, 0.3) is 0 Å². The van der Waals surface area contributed by atoms with Crippen LogP contribution >= 0.6 is 0 Å². The molecule has 4 nitrogen and oxygen atoms in total. The molecule has 1 heterocycles. The second-order valence-electron chi connectivity index (χ2n) is 7.46. The van der Waals surface area contributed by atoms with Gasteiger partial charge in [-0.05, 0) is 24.1 Å². The Kier molecular flexibility index (Phi) is 6.10. The molecule has 0 atom stereocenters. The summed E-state index contributed by atoms with van der Waals surface area (Å²) < 4.78 is 12.9. The summed E-state index contributed by atoms with van der Waals surface area (Å²) in [6.45, 7) is 9.08. The Morgan fingerprint density at radius 3 is 2.17 bits per heavy atom. The summed E-state index contributed by atoms with van der Waals surface area (Å²) in [5.41, 5.74) is 0.654. The second-order valence-corrected chi connectivity index (χ2v) is 7.46. The SMILES string of the molecule is CC(C)(C)C(=O)CN1CCN(C(=O)CCc2ccc(F)cc2)CC1. The van der Waals surface area contributed by atoms with Gasteiger partial charge in [0.25, 0.3) is 0 Å². The zero-order valence-electron chi connectivity index (χ0n) is 14.8. The van der Waals surface area contributed by atoms with E-state index >= 15 is 0 Å². The molecule has 0 aromatic heterocycles. The molecule has 0 N–H and O–H groups in total. The van der Waals surface area contributed by atoms with E-state index in [2.05, 4.69) is 4.90 Å². The van der Waals surface area contributed by atoms with Gasteiger partial charge in [-0.2, -0.15) is 0 Å². The van der Waals surface area contributed by atoms with Gasteiger partial charge in [0.1, 0.15) is 5.82 Å². The topological polar surface area (TPSA) is 40.6 Å². The van der Waals surface area contributed by atoms with Gasteiger partial charge in [0.05, 0.1) is 6.54 Å². The third kappa shape index (κ3) is 5.41. The number of amides is 1. The molecule has 0 radical (unpaired) electrons. The molecule has 1 amide bonds. The van der Waals surface area contributed by atoms with E-state index in [1.54, 1.807) is 12.1 Å². The molecule has 1 saturated heterocycles. The van der Waals surface area contributed by atoms with Crippen molar-refractivity contribution in [1.29, 1.82) is 0 Å². The van der Waals surface area contributed by atoms with Crippen molar-refractivity contribution in [2.75, 3.05) is 32.7 Å². The highest BCUT2D eigenvalue weighted by molar-refractivity contribution is 5.85. The van der Waals surface area contributed by atoms with Gasteiger partial charge in [0.2, 0.25) is 5.91 Å². The number of piperazine rings is 1. The summed E-state index contributed by atoms with van der Waals surface area (Å²) in [6, 6.07) is 6.28. The summed E-state index contributed by atoms with van der Waals surface area (Å²) in [5.74, 6) is 0.103. The van der Waals surface area contributed by atoms with Crippen molar-refractivity contribution in [1.82, 2.24) is 9.80 Å². The van der Waals surface area contributed by atoms with Crippen LogP contribution in [0.5, 0.6) is 0 Å². The molecule has 0 bridgehead atoms. The third-order valence-corrected chi connectivity index (χ3v) is 4.47. The second kappa shape index (κ2) is 7.88. The van der Waals surface area contributed by atoms with Gasteiger partial charge in [-0.3, -0.25) is 14.5 Å². The quantitative estimate of drug-likeness (QED) is 0.831. The number of nitrogens with zero attached hydrogens (tertiary/aromatic N) is 2. The Balaban J connectivity index is 1.74. The highest BCUT2D eigenvalue weighted by Crippen LogP contribution is 2.16. The maximum absolute atomic E-state index is 12.9. The lowest BCUT2D eigenvalue weighted by Crippen LogP contribution is -2.50. The van der Waals surface area contributed by atoms with Crippen molar-refractivity contribution < 1.29 is 14.0 Å². The highest BCUT2D eigenvalue weighted by Gasteiger charge is 2.26. The normalized spacial score (nSPS) is 16.2. The molecule has 24 heavy (non-hydrogen) atoms. The number of hydrogen-bond acceptors (Lipinski definition) is 3. The van der Waals surface area contributed by atoms with E-state index in [0.717, 1.165) is 18.7 Å². The Labute approximate surface area is 143 Å². The lowest BCUT2D eigenvalue weighted by molar-refractivity contribution is -0.133. The molecule has 1 aliphatic rings. The Morgan fingerprint density at radius 1 is 1.04 bits per heavy atom. The van der Waals surface area contributed by atoms with Gasteiger partial charge in [-0.15, -0.1) is 0 Å². The average molecular weight is 334 g/mol. The van der Waals surface area contributed by atoms with Gasteiger partial charge in [-0.1, -0.05) is 32.9 Å². The van der Waals surface area contributed by atoms with Crippen molar-refractivity contribution in [3.05, 3.63) is 35.6 Å². The van der Waals surface area contributed by atoms with Crippen LogP contribution in [-0.4, -0.2) is 54.2 Å². The van der Waals surface area contributed by atoms with E-state index < -0.39 is 0 Å². The largest absolute Gasteiger partial charge is 0.340 e. The first kappa shape index (κ1) is 18.6. The highest BCUT2D eigenvalue weighted by atomic mass is 19.1. The number of carbonyl (C=O) groups is 2. The zero-order chi connectivity index (χ0) is 17.7. The van der Waals surface area contributed by atoms with Crippen molar-refractivity contribution in [2.45, 2.75) is 33.6 Å². The third-order valence-electron chi connectivity index (χ3n) is 4.47. The Morgan fingerprint density at radius 2 is 1.62 bits per heavy atom. The van der Waals surface area contributed by atoms with E-state index in [1.165, 1.54) is 12.1 Å². The van der Waals surface area contributed by atoms with Crippen LogP contribution in [0.1, 0.15) is 32.8 Å². The van der Waals surface area contributed by atoms with Crippen LogP contribution in [0.15, 0.2) is 24.3 Å². The van der Waals surface area contributed by atoms with Gasteiger partial charge >= 0.3 is 0 Å². The maximum Gasteiger partial charge on any atom is 0.222 e. The molecule has 1 aromatic carbocycles. The molecule has 132 valence electrons. The molecule has 1 aromatic rings. The molecule has 1 fully saturated rings. The fraction of sp³-hybridized carbons (Fsp3) is 0.579.